The molecule has 1 saturated heterocycles. The molecule has 2 heterocycles. The number of rotatable bonds is 4. The van der Waals surface area contributed by atoms with Crippen molar-refractivity contribution in [3.05, 3.63) is 69.5 Å². The highest BCUT2D eigenvalue weighted by atomic mass is 32.2. The van der Waals surface area contributed by atoms with Crippen molar-refractivity contribution < 1.29 is 13.2 Å². The van der Waals surface area contributed by atoms with Gasteiger partial charge in [0.25, 0.3) is 15.9 Å². The van der Waals surface area contributed by atoms with Crippen molar-refractivity contribution in [2.75, 3.05) is 24.4 Å². The summed E-state index contributed by atoms with van der Waals surface area (Å²) >= 11 is 0. The maximum Gasteiger partial charge on any atom is 0.264 e. The number of amides is 1. The van der Waals surface area contributed by atoms with E-state index < -0.39 is 15.5 Å². The number of hydrogen-bond donors (Lipinski definition) is 1. The molecule has 0 aliphatic carbocycles. The highest BCUT2D eigenvalue weighted by molar-refractivity contribution is 7.92. The molecule has 2 aromatic carbocycles. The lowest BCUT2D eigenvalue weighted by molar-refractivity contribution is 0.0760. The monoisotopic (exact) mass is 467 g/mol. The fraction of sp³-hybridized carbons (Fsp3) is 0.360. The Kier molecular flexibility index (Phi) is 6.30. The standard InChI is InChI=1S/C25H29N3O4S/c1-17-8-9-19(14-18(17)2)27(3)33(31,32)20-10-11-23-21(15-20)24(29)22(16-26-23)25(30)28-12-6-4-5-7-13-28/h8-11,14-16H,4-7,12-13H2,1-3H3,(H,26,29). The van der Waals surface area contributed by atoms with Gasteiger partial charge in [-0.05, 0) is 68.1 Å². The predicted molar refractivity (Wildman–Crippen MR) is 130 cm³/mol. The number of pyridine rings is 1. The number of fused-ring (bicyclic) bond motifs is 1. The normalized spacial score (nSPS) is 14.8. The summed E-state index contributed by atoms with van der Waals surface area (Å²) in [6, 6.07) is 9.85. The first kappa shape index (κ1) is 23.0. The van der Waals surface area contributed by atoms with E-state index in [-0.39, 0.29) is 21.8 Å². The van der Waals surface area contributed by atoms with Crippen LogP contribution in [0.4, 0.5) is 5.69 Å². The molecule has 0 radical (unpaired) electrons. The summed E-state index contributed by atoms with van der Waals surface area (Å²) in [4.78, 5) is 31.0. The van der Waals surface area contributed by atoms with E-state index in [1.54, 1.807) is 17.0 Å². The fourth-order valence-electron chi connectivity index (χ4n) is 4.18. The molecule has 8 heteroatoms. The number of aromatic amines is 1. The SMILES string of the molecule is Cc1ccc(N(C)S(=O)(=O)c2ccc3[nH]cc(C(=O)N4CCCCCC4)c(=O)c3c2)cc1C. The molecule has 1 N–H and O–H groups in total. The minimum absolute atomic E-state index is 0.000555. The van der Waals surface area contributed by atoms with Gasteiger partial charge >= 0.3 is 0 Å². The lowest BCUT2D eigenvalue weighted by atomic mass is 10.1. The van der Waals surface area contributed by atoms with Gasteiger partial charge in [-0.3, -0.25) is 13.9 Å². The lowest BCUT2D eigenvalue weighted by Crippen LogP contribution is -2.35. The number of hydrogen-bond acceptors (Lipinski definition) is 4. The first-order valence-electron chi connectivity index (χ1n) is 11.2. The first-order chi connectivity index (χ1) is 15.7. The largest absolute Gasteiger partial charge is 0.360 e. The van der Waals surface area contributed by atoms with Gasteiger partial charge in [0, 0.05) is 37.2 Å². The molecule has 1 aromatic heterocycles. The fourth-order valence-corrected chi connectivity index (χ4v) is 5.39. The van der Waals surface area contributed by atoms with E-state index >= 15 is 0 Å². The summed E-state index contributed by atoms with van der Waals surface area (Å²) in [5.41, 5.74) is 2.67. The molecule has 4 rings (SSSR count). The molecule has 1 fully saturated rings. The second kappa shape index (κ2) is 9.02. The van der Waals surface area contributed by atoms with Gasteiger partial charge in [0.2, 0.25) is 5.43 Å². The molecular weight excluding hydrogens is 438 g/mol. The zero-order chi connectivity index (χ0) is 23.8. The topological polar surface area (TPSA) is 90.6 Å². The van der Waals surface area contributed by atoms with Crippen LogP contribution in [0.1, 0.15) is 47.2 Å². The lowest BCUT2D eigenvalue weighted by Gasteiger charge is -2.21. The van der Waals surface area contributed by atoms with Crippen LogP contribution in [0.15, 0.2) is 52.3 Å². The molecule has 0 spiro atoms. The third-order valence-electron chi connectivity index (χ3n) is 6.49. The molecular formula is C25H29N3O4S. The summed E-state index contributed by atoms with van der Waals surface area (Å²) in [5.74, 6) is -0.305. The third-order valence-corrected chi connectivity index (χ3v) is 8.27. The van der Waals surface area contributed by atoms with Gasteiger partial charge in [-0.15, -0.1) is 0 Å². The number of carbonyl (C=O) groups is 1. The molecule has 0 saturated carbocycles. The van der Waals surface area contributed by atoms with Crippen LogP contribution in [0.25, 0.3) is 10.9 Å². The zero-order valence-electron chi connectivity index (χ0n) is 19.2. The molecule has 0 unspecified atom stereocenters. The van der Waals surface area contributed by atoms with Gasteiger partial charge < -0.3 is 9.88 Å². The Morgan fingerprint density at radius 1 is 0.970 bits per heavy atom. The number of sulfonamides is 1. The van der Waals surface area contributed by atoms with Crippen LogP contribution in [0.2, 0.25) is 0 Å². The quantitative estimate of drug-likeness (QED) is 0.628. The minimum Gasteiger partial charge on any atom is -0.360 e. The van der Waals surface area contributed by atoms with Gasteiger partial charge in [-0.25, -0.2) is 8.42 Å². The van der Waals surface area contributed by atoms with Crippen molar-refractivity contribution in [1.29, 1.82) is 0 Å². The van der Waals surface area contributed by atoms with Crippen LogP contribution in [-0.4, -0.2) is 44.3 Å². The molecule has 1 aliphatic heterocycles. The van der Waals surface area contributed by atoms with Crippen molar-refractivity contribution >= 4 is 32.5 Å². The number of likely N-dealkylation sites (tertiary alicyclic amines) is 1. The predicted octanol–water partition coefficient (Wildman–Crippen LogP) is 3.99. The number of carbonyl (C=O) groups excluding carboxylic acids is 1. The van der Waals surface area contributed by atoms with E-state index in [0.717, 1.165) is 36.8 Å². The summed E-state index contributed by atoms with van der Waals surface area (Å²) in [6.45, 7) is 5.16. The highest BCUT2D eigenvalue weighted by Crippen LogP contribution is 2.25. The molecule has 33 heavy (non-hydrogen) atoms. The maximum absolute atomic E-state index is 13.3. The van der Waals surface area contributed by atoms with E-state index in [9.17, 15) is 18.0 Å². The van der Waals surface area contributed by atoms with E-state index in [4.69, 9.17) is 0 Å². The van der Waals surface area contributed by atoms with Crippen LogP contribution < -0.4 is 9.73 Å². The van der Waals surface area contributed by atoms with Crippen molar-refractivity contribution in [2.45, 2.75) is 44.4 Å². The maximum atomic E-state index is 13.3. The Morgan fingerprint density at radius 3 is 2.33 bits per heavy atom. The number of nitrogens with zero attached hydrogens (tertiary/aromatic N) is 2. The van der Waals surface area contributed by atoms with Crippen molar-refractivity contribution in [3.8, 4) is 0 Å². The second-order valence-corrected chi connectivity index (χ2v) is 10.7. The van der Waals surface area contributed by atoms with Crippen molar-refractivity contribution in [2.24, 2.45) is 0 Å². The molecule has 3 aromatic rings. The molecule has 7 nitrogen and oxygen atoms in total. The summed E-state index contributed by atoms with van der Waals surface area (Å²) in [6.07, 6.45) is 5.43. The average molecular weight is 468 g/mol. The smallest absolute Gasteiger partial charge is 0.264 e. The number of benzene rings is 2. The Bertz CT molecular complexity index is 1370. The van der Waals surface area contributed by atoms with Crippen LogP contribution in [-0.2, 0) is 10.0 Å². The molecule has 0 bridgehead atoms. The van der Waals surface area contributed by atoms with Crippen molar-refractivity contribution in [3.63, 3.8) is 0 Å². The Morgan fingerprint density at radius 2 is 1.67 bits per heavy atom. The number of aryl methyl sites for hydroxylation is 2. The van der Waals surface area contributed by atoms with E-state index in [1.807, 2.05) is 26.0 Å². The van der Waals surface area contributed by atoms with Gasteiger partial charge in [-0.2, -0.15) is 0 Å². The Labute approximate surface area is 194 Å². The van der Waals surface area contributed by atoms with Gasteiger partial charge in [-0.1, -0.05) is 18.9 Å². The Hall–Kier alpha value is -3.13. The van der Waals surface area contributed by atoms with E-state index in [2.05, 4.69) is 4.98 Å². The summed E-state index contributed by atoms with van der Waals surface area (Å²) in [5, 5.41) is 0.185. The number of anilines is 1. The number of nitrogens with one attached hydrogen (secondary N) is 1. The molecule has 174 valence electrons. The highest BCUT2D eigenvalue weighted by Gasteiger charge is 2.24. The molecule has 0 atom stereocenters. The number of H-pyrrole nitrogens is 1. The summed E-state index contributed by atoms with van der Waals surface area (Å²) < 4.78 is 27.9. The van der Waals surface area contributed by atoms with Gasteiger partial charge in [0.05, 0.1) is 10.6 Å². The van der Waals surface area contributed by atoms with Gasteiger partial charge in [0.1, 0.15) is 5.56 Å². The average Bonchev–Trinajstić information content (AvgIpc) is 3.10. The Balaban J connectivity index is 1.73. The zero-order valence-corrected chi connectivity index (χ0v) is 20.0. The molecule has 1 aliphatic rings. The van der Waals surface area contributed by atoms with Gasteiger partial charge in [0.15, 0.2) is 0 Å². The van der Waals surface area contributed by atoms with Crippen LogP contribution >= 0.6 is 0 Å². The molecule has 1 amide bonds. The second-order valence-electron chi connectivity index (χ2n) is 8.69. The summed E-state index contributed by atoms with van der Waals surface area (Å²) in [7, 11) is -2.41. The van der Waals surface area contributed by atoms with E-state index in [1.165, 1.54) is 29.7 Å². The van der Waals surface area contributed by atoms with Crippen LogP contribution in [0.5, 0.6) is 0 Å². The first-order valence-corrected chi connectivity index (χ1v) is 12.6. The van der Waals surface area contributed by atoms with E-state index in [0.29, 0.717) is 24.3 Å². The van der Waals surface area contributed by atoms with Crippen molar-refractivity contribution in [1.82, 2.24) is 9.88 Å². The minimum atomic E-state index is -3.90. The van der Waals surface area contributed by atoms with Crippen LogP contribution in [0.3, 0.4) is 0 Å². The third kappa shape index (κ3) is 4.39. The van der Waals surface area contributed by atoms with Crippen LogP contribution in [0, 0.1) is 13.8 Å². The number of aromatic nitrogens is 1.